The summed E-state index contributed by atoms with van der Waals surface area (Å²) in [5, 5.41) is 15.5. The molecule has 0 saturated carbocycles. The molecule has 16 nitrogen and oxygen atoms in total. The van der Waals surface area contributed by atoms with E-state index in [9.17, 15) is 28.8 Å². The molecule has 0 aliphatic carbocycles. The van der Waals surface area contributed by atoms with Gasteiger partial charge in [0, 0.05) is 68.5 Å². The first-order chi connectivity index (χ1) is 25.3. The van der Waals surface area contributed by atoms with E-state index in [4.69, 9.17) is 0 Å². The summed E-state index contributed by atoms with van der Waals surface area (Å²) in [6.07, 6.45) is 5.59. The van der Waals surface area contributed by atoms with Crippen LogP contribution in [0.2, 0.25) is 0 Å². The fourth-order valence-corrected chi connectivity index (χ4v) is 7.02. The van der Waals surface area contributed by atoms with Gasteiger partial charge in [0.2, 0.25) is 29.5 Å². The number of rotatable bonds is 6. The molecule has 17 heteroatoms. The standard InChI is InChI=1S/C36H46N10O6S/c1-22(2)15-27-34-42-29(21-53-34)33(50)41-28(16-24-17-37-26-10-7-6-9-25(24)26)36(52)44(5)18-30(47)39-23(3)35(51)43(4)13-14-45(19-31(48)40-27)32(49)20-46-12-8-11-38-46/h6-12,17,21-23,27-28,37H,13-16,18-20H2,1-5H3,(H,39,47)(H,40,48)(H,41,50)/t23-,27-,28+/m0/s1. The van der Waals surface area contributed by atoms with Crippen molar-refractivity contribution in [1.82, 2.24) is 50.4 Å². The lowest BCUT2D eigenvalue weighted by atomic mass is 10.0. The number of thiazole rings is 1. The fraction of sp³-hybridized carbons (Fsp3) is 0.444. The number of nitrogens with zero attached hydrogens (tertiary/aromatic N) is 6. The monoisotopic (exact) mass is 746 g/mol. The van der Waals surface area contributed by atoms with E-state index in [1.807, 2.05) is 38.1 Å². The van der Waals surface area contributed by atoms with Crippen LogP contribution in [-0.4, -0.2) is 122 Å². The number of amides is 6. The van der Waals surface area contributed by atoms with Crippen LogP contribution in [0.1, 0.15) is 54.3 Å². The molecule has 53 heavy (non-hydrogen) atoms. The van der Waals surface area contributed by atoms with E-state index in [1.54, 1.807) is 37.1 Å². The number of nitrogens with one attached hydrogen (secondary N) is 4. The summed E-state index contributed by atoms with van der Waals surface area (Å²) >= 11 is 1.20. The molecule has 0 saturated heterocycles. The topological polar surface area (TPSA) is 195 Å². The Morgan fingerprint density at radius 3 is 2.42 bits per heavy atom. The second kappa shape index (κ2) is 17.3. The van der Waals surface area contributed by atoms with Gasteiger partial charge >= 0.3 is 0 Å². The number of likely N-dealkylation sites (N-methyl/N-ethyl adjacent to an activating group) is 2. The third-order valence-corrected chi connectivity index (χ3v) is 9.89. The van der Waals surface area contributed by atoms with Gasteiger partial charge in [-0.05, 0) is 37.0 Å². The van der Waals surface area contributed by atoms with Crippen molar-refractivity contribution in [2.45, 2.75) is 58.3 Å². The van der Waals surface area contributed by atoms with Gasteiger partial charge in [-0.15, -0.1) is 11.3 Å². The van der Waals surface area contributed by atoms with Crippen LogP contribution in [-0.2, 0) is 36.9 Å². The largest absolute Gasteiger partial charge is 0.361 e. The molecule has 1 aliphatic rings. The van der Waals surface area contributed by atoms with E-state index < -0.39 is 47.7 Å². The number of benzene rings is 1. The van der Waals surface area contributed by atoms with Crippen molar-refractivity contribution in [2.75, 3.05) is 40.3 Å². The van der Waals surface area contributed by atoms with Gasteiger partial charge in [0.1, 0.15) is 29.3 Å². The van der Waals surface area contributed by atoms with Crippen LogP contribution in [0.5, 0.6) is 0 Å². The normalized spacial score (nSPS) is 20.3. The molecule has 282 valence electrons. The smallest absolute Gasteiger partial charge is 0.271 e. The second-order valence-corrected chi connectivity index (χ2v) is 14.6. The lowest BCUT2D eigenvalue weighted by Crippen LogP contribution is -2.53. The van der Waals surface area contributed by atoms with Crippen molar-refractivity contribution in [3.63, 3.8) is 0 Å². The van der Waals surface area contributed by atoms with E-state index in [0.29, 0.717) is 11.4 Å². The molecule has 4 aromatic rings. The molecule has 3 atom stereocenters. The number of fused-ring (bicyclic) bond motifs is 3. The average Bonchev–Trinajstić information content (AvgIpc) is 3.90. The van der Waals surface area contributed by atoms with Gasteiger partial charge in [0.15, 0.2) is 0 Å². The Morgan fingerprint density at radius 2 is 1.68 bits per heavy atom. The molecule has 0 fully saturated rings. The van der Waals surface area contributed by atoms with E-state index in [1.165, 1.54) is 44.7 Å². The number of hydrogen-bond acceptors (Lipinski definition) is 9. The molecule has 1 aliphatic heterocycles. The highest BCUT2D eigenvalue weighted by molar-refractivity contribution is 7.09. The molecule has 4 heterocycles. The number of aromatic nitrogens is 4. The maximum atomic E-state index is 13.9. The van der Waals surface area contributed by atoms with Crippen molar-refractivity contribution in [2.24, 2.45) is 5.92 Å². The zero-order chi connectivity index (χ0) is 38.2. The molecule has 3 aromatic heterocycles. The van der Waals surface area contributed by atoms with E-state index in [0.717, 1.165) is 16.5 Å². The molecular weight excluding hydrogens is 701 g/mol. The molecule has 4 N–H and O–H groups in total. The summed E-state index contributed by atoms with van der Waals surface area (Å²) in [4.78, 5) is 92.8. The molecule has 2 bridgehead atoms. The minimum Gasteiger partial charge on any atom is -0.361 e. The molecule has 0 radical (unpaired) electrons. The molecule has 1 aromatic carbocycles. The van der Waals surface area contributed by atoms with Gasteiger partial charge in [-0.1, -0.05) is 32.0 Å². The zero-order valence-corrected chi connectivity index (χ0v) is 31.3. The quantitative estimate of drug-likeness (QED) is 0.227. The van der Waals surface area contributed by atoms with Gasteiger partial charge in [0.25, 0.3) is 5.91 Å². The first kappa shape index (κ1) is 38.6. The Labute approximate surface area is 311 Å². The predicted molar refractivity (Wildman–Crippen MR) is 197 cm³/mol. The maximum Gasteiger partial charge on any atom is 0.271 e. The van der Waals surface area contributed by atoms with Gasteiger partial charge < -0.3 is 35.6 Å². The SMILES string of the molecule is CC(C)C[C@@H]1NC(=O)CN(C(=O)Cn2cccn2)CCN(C)C(=O)[C@H](C)NC(=O)CN(C)C(=O)[C@@H](Cc2c[nH]c3ccccc23)NC(=O)c2csc1n2. The third kappa shape index (κ3) is 10.1. The first-order valence-corrected chi connectivity index (χ1v) is 18.3. The first-order valence-electron chi connectivity index (χ1n) is 17.4. The summed E-state index contributed by atoms with van der Waals surface area (Å²) in [6, 6.07) is 6.68. The number of carbonyl (C=O) groups is 6. The summed E-state index contributed by atoms with van der Waals surface area (Å²) in [5.41, 5.74) is 1.73. The van der Waals surface area contributed by atoms with Crippen LogP contribution in [0.4, 0.5) is 0 Å². The van der Waals surface area contributed by atoms with Crippen LogP contribution in [0.15, 0.2) is 54.3 Å². The lowest BCUT2D eigenvalue weighted by molar-refractivity contribution is -0.139. The molecule has 6 amide bonds. The number of aromatic amines is 1. The summed E-state index contributed by atoms with van der Waals surface area (Å²) in [7, 11) is 3.00. The summed E-state index contributed by atoms with van der Waals surface area (Å²) in [6.45, 7) is 4.84. The number of para-hydroxylation sites is 1. The summed E-state index contributed by atoms with van der Waals surface area (Å²) < 4.78 is 1.45. The van der Waals surface area contributed by atoms with Crippen LogP contribution in [0, 0.1) is 5.92 Å². The van der Waals surface area contributed by atoms with E-state index >= 15 is 0 Å². The van der Waals surface area contributed by atoms with Gasteiger partial charge in [0.05, 0.1) is 19.1 Å². The Hall–Kier alpha value is -5.58. The Bertz CT molecular complexity index is 1940. The number of carbonyl (C=O) groups excluding carboxylic acids is 6. The highest BCUT2D eigenvalue weighted by Crippen LogP contribution is 2.25. The molecular formula is C36H46N10O6S. The zero-order valence-electron chi connectivity index (χ0n) is 30.5. The summed E-state index contributed by atoms with van der Waals surface area (Å²) in [5.74, 6) is -2.80. The molecule has 0 unspecified atom stereocenters. The Kier molecular flexibility index (Phi) is 12.6. The lowest BCUT2D eigenvalue weighted by Gasteiger charge is -2.28. The maximum absolute atomic E-state index is 13.9. The minimum atomic E-state index is -1.07. The van der Waals surface area contributed by atoms with Gasteiger partial charge in [-0.25, -0.2) is 4.98 Å². The van der Waals surface area contributed by atoms with Gasteiger partial charge in [-0.3, -0.25) is 33.4 Å². The van der Waals surface area contributed by atoms with Crippen molar-refractivity contribution < 1.29 is 28.8 Å². The number of H-pyrrole nitrogens is 1. The predicted octanol–water partition coefficient (Wildman–Crippen LogP) is 1.33. The highest BCUT2D eigenvalue weighted by Gasteiger charge is 2.30. The molecule has 5 rings (SSSR count). The molecule has 0 spiro atoms. The third-order valence-electron chi connectivity index (χ3n) is 8.93. The van der Waals surface area contributed by atoms with Crippen LogP contribution in [0.3, 0.4) is 0 Å². The highest BCUT2D eigenvalue weighted by atomic mass is 32.1. The average molecular weight is 747 g/mol. The number of hydrogen-bond donors (Lipinski definition) is 4. The van der Waals surface area contributed by atoms with Gasteiger partial charge in [-0.2, -0.15) is 5.10 Å². The minimum absolute atomic E-state index is 0.0297. The van der Waals surface area contributed by atoms with Crippen molar-refractivity contribution in [1.29, 1.82) is 0 Å². The van der Waals surface area contributed by atoms with Crippen molar-refractivity contribution >= 4 is 57.7 Å². The van der Waals surface area contributed by atoms with E-state index in [2.05, 4.69) is 31.0 Å². The fourth-order valence-electron chi connectivity index (χ4n) is 6.16. The second-order valence-electron chi connectivity index (χ2n) is 13.7. The van der Waals surface area contributed by atoms with E-state index in [-0.39, 0.29) is 56.7 Å². The van der Waals surface area contributed by atoms with Crippen LogP contribution >= 0.6 is 11.3 Å². The van der Waals surface area contributed by atoms with Crippen molar-refractivity contribution in [3.8, 4) is 0 Å². The Morgan fingerprint density at radius 1 is 0.925 bits per heavy atom. The van der Waals surface area contributed by atoms with Crippen LogP contribution in [0.25, 0.3) is 10.9 Å². The van der Waals surface area contributed by atoms with Crippen LogP contribution < -0.4 is 16.0 Å². The Balaban J connectivity index is 1.45. The van der Waals surface area contributed by atoms with Crippen molar-refractivity contribution in [3.05, 3.63) is 70.6 Å².